The molecule has 0 fully saturated rings. The number of aromatic nitrogens is 3. The molecule has 1 aliphatic rings. The van der Waals surface area contributed by atoms with Crippen LogP contribution in [0.4, 0.5) is 35.1 Å². The fourth-order valence-electron chi connectivity index (χ4n) is 5.03. The van der Waals surface area contributed by atoms with Gasteiger partial charge in [0.2, 0.25) is 0 Å². The number of rotatable bonds is 8. The number of amides is 1. The fraction of sp³-hybridized carbons (Fsp3) is 0.333. The number of carbonyl (C=O) groups excluding carboxylic acids is 1. The van der Waals surface area contributed by atoms with Crippen LogP contribution < -0.4 is 14.8 Å². The highest BCUT2D eigenvalue weighted by atomic mass is 19.4. The van der Waals surface area contributed by atoms with Crippen molar-refractivity contribution in [3.8, 4) is 22.8 Å². The molecule has 2 aromatic carbocycles. The number of benzene rings is 2. The molecule has 3 heterocycles. The average Bonchev–Trinajstić information content (AvgIpc) is 3.37. The van der Waals surface area contributed by atoms with E-state index in [4.69, 9.17) is 9.47 Å². The molecule has 1 amide bonds. The molecule has 15 heteroatoms. The molecule has 0 bridgehead atoms. The van der Waals surface area contributed by atoms with Crippen molar-refractivity contribution in [2.45, 2.75) is 30.6 Å². The van der Waals surface area contributed by atoms with Crippen molar-refractivity contribution in [3.05, 3.63) is 76.6 Å². The Balaban J connectivity index is 1.55. The first kappa shape index (κ1) is 31.9. The van der Waals surface area contributed by atoms with Gasteiger partial charge in [-0.05, 0) is 43.3 Å². The summed E-state index contributed by atoms with van der Waals surface area (Å²) >= 11 is 0. The lowest BCUT2D eigenvalue weighted by Gasteiger charge is -2.24. The van der Waals surface area contributed by atoms with Crippen LogP contribution in [0.2, 0.25) is 0 Å². The Morgan fingerprint density at radius 3 is 2.31 bits per heavy atom. The van der Waals surface area contributed by atoms with Crippen LogP contribution in [0.1, 0.15) is 38.8 Å². The normalized spacial score (nSPS) is 15.0. The van der Waals surface area contributed by atoms with Crippen molar-refractivity contribution in [1.82, 2.24) is 20.5 Å². The Hall–Kier alpha value is -4.56. The van der Waals surface area contributed by atoms with Gasteiger partial charge in [0.25, 0.3) is 5.91 Å². The lowest BCUT2D eigenvalue weighted by atomic mass is 9.83. The van der Waals surface area contributed by atoms with E-state index in [-0.39, 0.29) is 33.9 Å². The van der Waals surface area contributed by atoms with E-state index in [1.165, 1.54) is 19.2 Å². The van der Waals surface area contributed by atoms with Gasteiger partial charge in [-0.15, -0.1) is 5.10 Å². The standard InChI is InChI=1S/C30H24F8N4O3/c1-15-7-17-8-18(9-23(44-2)24(17)42-41-15)27(43)39-11-21(30(36,37)38)22-10-20-26(45-14-28(20,12-31)13-32)25(40-22)16-3-5-19(6-4-16)29(33,34)35/h3-10,21H,11-14H2,1-2H3,(H,39,43). The number of pyridine rings is 1. The highest BCUT2D eigenvalue weighted by Gasteiger charge is 2.47. The van der Waals surface area contributed by atoms with Crippen molar-refractivity contribution >= 4 is 16.8 Å². The number of nitrogens with zero attached hydrogens (tertiary/aromatic N) is 3. The number of methoxy groups -OCH3 is 1. The van der Waals surface area contributed by atoms with E-state index >= 15 is 0 Å². The maximum Gasteiger partial charge on any atom is 0.416 e. The predicted molar refractivity (Wildman–Crippen MR) is 146 cm³/mol. The maximum atomic E-state index is 14.5. The smallest absolute Gasteiger partial charge is 0.416 e. The summed E-state index contributed by atoms with van der Waals surface area (Å²) in [5.41, 5.74) is -3.51. The van der Waals surface area contributed by atoms with E-state index in [9.17, 15) is 39.9 Å². The minimum Gasteiger partial charge on any atom is -0.494 e. The number of nitrogens with one attached hydrogen (secondary N) is 1. The van der Waals surface area contributed by atoms with Gasteiger partial charge in [0.15, 0.2) is 0 Å². The SMILES string of the molecule is COc1cc(C(=O)NCC(c2cc3c(c(-c4ccc(C(F)(F)F)cc4)n2)OCC3(CF)CF)C(F)(F)F)cc2cc(C)nnc12. The number of hydrogen-bond acceptors (Lipinski definition) is 6. The number of alkyl halides is 8. The van der Waals surface area contributed by atoms with Crippen LogP contribution in [0.3, 0.4) is 0 Å². The number of fused-ring (bicyclic) bond motifs is 2. The molecule has 0 radical (unpaired) electrons. The first-order chi connectivity index (χ1) is 21.2. The van der Waals surface area contributed by atoms with E-state index < -0.39 is 67.4 Å². The maximum absolute atomic E-state index is 14.5. The second-order valence-corrected chi connectivity index (χ2v) is 10.6. The Labute approximate surface area is 250 Å². The lowest BCUT2D eigenvalue weighted by molar-refractivity contribution is -0.149. The third kappa shape index (κ3) is 6.07. The van der Waals surface area contributed by atoms with Gasteiger partial charge in [-0.2, -0.15) is 31.4 Å². The molecule has 1 atom stereocenters. The summed E-state index contributed by atoms with van der Waals surface area (Å²) in [6.07, 6.45) is -9.71. The molecule has 1 unspecified atom stereocenters. The number of aryl methyl sites for hydroxylation is 1. The molecule has 0 spiro atoms. The second kappa shape index (κ2) is 11.7. The third-order valence-electron chi connectivity index (χ3n) is 7.53. The topological polar surface area (TPSA) is 86.2 Å². The number of ether oxygens (including phenoxy) is 2. The Kier molecular flexibility index (Phi) is 8.31. The number of halogens is 8. The van der Waals surface area contributed by atoms with E-state index in [1.54, 1.807) is 13.0 Å². The van der Waals surface area contributed by atoms with Crippen molar-refractivity contribution in [3.63, 3.8) is 0 Å². The molecule has 4 aromatic rings. The van der Waals surface area contributed by atoms with Crippen LogP contribution in [0, 0.1) is 6.92 Å². The molecule has 1 aliphatic heterocycles. The molecule has 5 rings (SSSR count). The predicted octanol–water partition coefficient (Wildman–Crippen LogP) is 6.67. The molecule has 0 aliphatic carbocycles. The second-order valence-electron chi connectivity index (χ2n) is 10.6. The summed E-state index contributed by atoms with van der Waals surface area (Å²) in [5, 5.41) is 10.6. The molecule has 45 heavy (non-hydrogen) atoms. The summed E-state index contributed by atoms with van der Waals surface area (Å²) in [5.74, 6) is -3.45. The van der Waals surface area contributed by atoms with E-state index in [0.29, 0.717) is 28.7 Å². The van der Waals surface area contributed by atoms with Crippen molar-refractivity contribution in [2.24, 2.45) is 0 Å². The highest BCUT2D eigenvalue weighted by molar-refractivity contribution is 5.99. The first-order valence-electron chi connectivity index (χ1n) is 13.4. The van der Waals surface area contributed by atoms with Gasteiger partial charge in [0.1, 0.15) is 48.6 Å². The Bertz CT molecular complexity index is 1740. The average molecular weight is 641 g/mol. The molecule has 0 saturated heterocycles. The molecule has 1 N–H and O–H groups in total. The summed E-state index contributed by atoms with van der Waals surface area (Å²) < 4.78 is 122. The molecular weight excluding hydrogens is 616 g/mol. The zero-order valence-corrected chi connectivity index (χ0v) is 23.6. The monoisotopic (exact) mass is 640 g/mol. The van der Waals surface area contributed by atoms with Crippen LogP contribution in [-0.4, -0.2) is 60.9 Å². The molecule has 2 aromatic heterocycles. The van der Waals surface area contributed by atoms with Crippen LogP contribution >= 0.6 is 0 Å². The zero-order valence-electron chi connectivity index (χ0n) is 23.6. The Morgan fingerprint density at radius 2 is 1.71 bits per heavy atom. The molecule has 7 nitrogen and oxygen atoms in total. The van der Waals surface area contributed by atoms with Gasteiger partial charge in [-0.1, -0.05) is 12.1 Å². The fourth-order valence-corrected chi connectivity index (χ4v) is 5.03. The summed E-state index contributed by atoms with van der Waals surface area (Å²) in [6.45, 7) is -2.59. The quantitative estimate of drug-likeness (QED) is 0.217. The minimum absolute atomic E-state index is 0.0395. The van der Waals surface area contributed by atoms with E-state index in [0.717, 1.165) is 18.2 Å². The van der Waals surface area contributed by atoms with Crippen LogP contribution in [0.15, 0.2) is 48.5 Å². The highest BCUT2D eigenvalue weighted by Crippen LogP contribution is 2.47. The third-order valence-corrected chi connectivity index (χ3v) is 7.53. The molecular formula is C30H24F8N4O3. The van der Waals surface area contributed by atoms with Crippen molar-refractivity contribution < 1.29 is 49.4 Å². The van der Waals surface area contributed by atoms with Gasteiger partial charge < -0.3 is 14.8 Å². The number of carbonyl (C=O) groups is 1. The van der Waals surface area contributed by atoms with Gasteiger partial charge in [0, 0.05) is 28.6 Å². The summed E-state index contributed by atoms with van der Waals surface area (Å²) in [6, 6.07) is 8.54. The lowest BCUT2D eigenvalue weighted by Crippen LogP contribution is -2.36. The van der Waals surface area contributed by atoms with E-state index in [2.05, 4.69) is 20.5 Å². The summed E-state index contributed by atoms with van der Waals surface area (Å²) in [4.78, 5) is 17.2. The zero-order chi connectivity index (χ0) is 32.7. The minimum atomic E-state index is -5.02. The van der Waals surface area contributed by atoms with Gasteiger partial charge >= 0.3 is 12.4 Å². The molecule has 238 valence electrons. The van der Waals surface area contributed by atoms with Crippen LogP contribution in [0.5, 0.6) is 11.5 Å². The van der Waals surface area contributed by atoms with Crippen LogP contribution in [-0.2, 0) is 11.6 Å². The van der Waals surface area contributed by atoms with Crippen LogP contribution in [0.25, 0.3) is 22.2 Å². The van der Waals surface area contributed by atoms with E-state index in [1.807, 2.05) is 0 Å². The summed E-state index contributed by atoms with van der Waals surface area (Å²) in [7, 11) is 1.32. The number of hydrogen-bond donors (Lipinski definition) is 1. The van der Waals surface area contributed by atoms with Gasteiger partial charge in [0.05, 0.1) is 29.5 Å². The Morgan fingerprint density at radius 1 is 1.02 bits per heavy atom. The largest absolute Gasteiger partial charge is 0.494 e. The van der Waals surface area contributed by atoms with Crippen molar-refractivity contribution in [2.75, 3.05) is 33.6 Å². The first-order valence-corrected chi connectivity index (χ1v) is 13.4. The van der Waals surface area contributed by atoms with Gasteiger partial charge in [-0.3, -0.25) is 4.79 Å². The molecule has 0 saturated carbocycles. The van der Waals surface area contributed by atoms with Gasteiger partial charge in [-0.25, -0.2) is 13.8 Å². The van der Waals surface area contributed by atoms with Crippen molar-refractivity contribution in [1.29, 1.82) is 0 Å².